The molecule has 0 bridgehead atoms. The Kier molecular flexibility index (Phi) is 4.91. The highest BCUT2D eigenvalue weighted by Gasteiger charge is 2.25. The van der Waals surface area contributed by atoms with Gasteiger partial charge in [-0.2, -0.15) is 0 Å². The highest BCUT2D eigenvalue weighted by atomic mass is 16.5. The molecule has 1 fully saturated rings. The molecule has 27 heavy (non-hydrogen) atoms. The molecule has 3 N–H and O–H groups in total. The average Bonchev–Trinajstić information content (AvgIpc) is 3.29. The third kappa shape index (κ3) is 3.33. The minimum Gasteiger partial charge on any atom is -0.384 e. The number of fused-ring (bicyclic) bond motifs is 2. The Bertz CT molecular complexity index is 978. The van der Waals surface area contributed by atoms with Crippen LogP contribution in [0, 0.1) is 0 Å². The lowest BCUT2D eigenvalue weighted by Crippen LogP contribution is -2.32. The summed E-state index contributed by atoms with van der Waals surface area (Å²) in [5.74, 6) is 0.0935. The van der Waals surface area contributed by atoms with Crippen molar-refractivity contribution in [3.05, 3.63) is 29.8 Å². The minimum atomic E-state index is -0.256. The molecule has 1 aliphatic heterocycles. The smallest absolute Gasteiger partial charge is 0.257 e. The first kappa shape index (κ1) is 17.7. The predicted octanol–water partition coefficient (Wildman–Crippen LogP) is 1.72. The van der Waals surface area contributed by atoms with Crippen molar-refractivity contribution in [2.75, 3.05) is 32.6 Å². The lowest BCUT2D eigenvalue weighted by atomic mass is 10.2. The number of nitrogens with zero attached hydrogens (tertiary/aromatic N) is 3. The van der Waals surface area contributed by atoms with Gasteiger partial charge in [0, 0.05) is 26.8 Å². The van der Waals surface area contributed by atoms with Gasteiger partial charge in [-0.1, -0.05) is 12.1 Å². The van der Waals surface area contributed by atoms with Crippen molar-refractivity contribution < 1.29 is 14.3 Å². The standard InChI is InChI=1S/C19H23N5O3/c1-26-10-8-24-17(20)15(19(25)21-11-12-5-4-9-27-12)16-18(24)23-14-7-3-2-6-13(14)22-16/h2-3,6-7,12H,4-5,8-11,20H2,1H3,(H,21,25)/t12-/m1/s1. The zero-order chi connectivity index (χ0) is 18.8. The van der Waals surface area contributed by atoms with Crippen LogP contribution in [-0.4, -0.2) is 53.4 Å². The second-order valence-electron chi connectivity index (χ2n) is 6.63. The van der Waals surface area contributed by atoms with Crippen LogP contribution in [0.2, 0.25) is 0 Å². The summed E-state index contributed by atoms with van der Waals surface area (Å²) in [5.41, 5.74) is 9.27. The van der Waals surface area contributed by atoms with E-state index in [0.717, 1.165) is 30.5 Å². The van der Waals surface area contributed by atoms with Gasteiger partial charge >= 0.3 is 0 Å². The van der Waals surface area contributed by atoms with E-state index in [-0.39, 0.29) is 12.0 Å². The Morgan fingerprint density at radius 1 is 1.37 bits per heavy atom. The van der Waals surface area contributed by atoms with Crippen LogP contribution in [0.1, 0.15) is 23.2 Å². The highest BCUT2D eigenvalue weighted by Crippen LogP contribution is 2.27. The molecule has 1 aliphatic rings. The van der Waals surface area contributed by atoms with E-state index in [2.05, 4.69) is 10.3 Å². The van der Waals surface area contributed by atoms with Crippen LogP contribution in [0.15, 0.2) is 24.3 Å². The first-order valence-corrected chi connectivity index (χ1v) is 9.12. The summed E-state index contributed by atoms with van der Waals surface area (Å²) in [7, 11) is 1.62. The number of hydrogen-bond donors (Lipinski definition) is 2. The van der Waals surface area contributed by atoms with Crippen molar-refractivity contribution in [3.63, 3.8) is 0 Å². The first-order chi connectivity index (χ1) is 13.2. The van der Waals surface area contributed by atoms with Gasteiger partial charge < -0.3 is 25.1 Å². The number of amides is 1. The number of anilines is 1. The summed E-state index contributed by atoms with van der Waals surface area (Å²) in [6.45, 7) is 2.16. The zero-order valence-corrected chi connectivity index (χ0v) is 15.3. The van der Waals surface area contributed by atoms with Gasteiger partial charge in [0.25, 0.3) is 5.91 Å². The van der Waals surface area contributed by atoms with E-state index in [1.807, 2.05) is 24.3 Å². The maximum Gasteiger partial charge on any atom is 0.257 e. The molecule has 8 heteroatoms. The molecule has 4 rings (SSSR count). The van der Waals surface area contributed by atoms with Crippen molar-refractivity contribution in [2.45, 2.75) is 25.5 Å². The average molecular weight is 369 g/mol. The Morgan fingerprint density at radius 3 is 2.85 bits per heavy atom. The third-order valence-electron chi connectivity index (χ3n) is 4.85. The van der Waals surface area contributed by atoms with E-state index in [4.69, 9.17) is 20.2 Å². The summed E-state index contributed by atoms with van der Waals surface area (Å²) >= 11 is 0. The molecule has 1 saturated heterocycles. The molecule has 3 heterocycles. The van der Waals surface area contributed by atoms with E-state index in [0.29, 0.717) is 42.2 Å². The van der Waals surface area contributed by atoms with E-state index < -0.39 is 0 Å². The molecular formula is C19H23N5O3. The van der Waals surface area contributed by atoms with Crippen molar-refractivity contribution in [2.24, 2.45) is 0 Å². The molecule has 0 unspecified atom stereocenters. The van der Waals surface area contributed by atoms with E-state index >= 15 is 0 Å². The molecule has 0 spiro atoms. The highest BCUT2D eigenvalue weighted by molar-refractivity contribution is 6.10. The van der Waals surface area contributed by atoms with Crippen LogP contribution < -0.4 is 11.1 Å². The summed E-state index contributed by atoms with van der Waals surface area (Å²) in [6.07, 6.45) is 2.04. The molecule has 1 amide bonds. The summed E-state index contributed by atoms with van der Waals surface area (Å²) < 4.78 is 12.5. The van der Waals surface area contributed by atoms with Gasteiger partial charge in [0.2, 0.25) is 0 Å². The van der Waals surface area contributed by atoms with Gasteiger partial charge in [-0.05, 0) is 25.0 Å². The number of nitrogen functional groups attached to an aromatic ring is 1. The summed E-state index contributed by atoms with van der Waals surface area (Å²) in [4.78, 5) is 22.3. The number of benzene rings is 1. The molecule has 142 valence electrons. The first-order valence-electron chi connectivity index (χ1n) is 9.12. The fraction of sp³-hybridized carbons (Fsp3) is 0.421. The van der Waals surface area contributed by atoms with Crippen molar-refractivity contribution in [1.82, 2.24) is 19.9 Å². The third-order valence-corrected chi connectivity index (χ3v) is 4.85. The van der Waals surface area contributed by atoms with Gasteiger partial charge in [-0.3, -0.25) is 4.79 Å². The topological polar surface area (TPSA) is 104 Å². The molecule has 0 saturated carbocycles. The second-order valence-corrected chi connectivity index (χ2v) is 6.63. The monoisotopic (exact) mass is 369 g/mol. The van der Waals surface area contributed by atoms with Crippen LogP contribution in [-0.2, 0) is 16.0 Å². The van der Waals surface area contributed by atoms with Gasteiger partial charge in [-0.25, -0.2) is 9.97 Å². The van der Waals surface area contributed by atoms with Crippen molar-refractivity contribution >= 4 is 33.9 Å². The number of rotatable bonds is 6. The maximum atomic E-state index is 12.9. The Hall–Kier alpha value is -2.71. The normalized spacial score (nSPS) is 17.0. The minimum absolute atomic E-state index is 0.0592. The van der Waals surface area contributed by atoms with Crippen LogP contribution in [0.3, 0.4) is 0 Å². The largest absolute Gasteiger partial charge is 0.384 e. The maximum absolute atomic E-state index is 12.9. The summed E-state index contributed by atoms with van der Waals surface area (Å²) in [5, 5.41) is 2.94. The number of para-hydroxylation sites is 2. The molecule has 1 atom stereocenters. The number of ether oxygens (including phenoxy) is 2. The Labute approximate surface area is 156 Å². The molecule has 0 aliphatic carbocycles. The number of carbonyl (C=O) groups is 1. The van der Waals surface area contributed by atoms with Crippen molar-refractivity contribution in [3.8, 4) is 0 Å². The van der Waals surface area contributed by atoms with Crippen LogP contribution in [0.4, 0.5) is 5.82 Å². The number of aromatic nitrogens is 3. The summed E-state index contributed by atoms with van der Waals surface area (Å²) in [6, 6.07) is 7.57. The fourth-order valence-electron chi connectivity index (χ4n) is 3.45. The molecule has 1 aromatic carbocycles. The number of nitrogens with two attached hydrogens (primary N) is 1. The van der Waals surface area contributed by atoms with Gasteiger partial charge in [0.05, 0.1) is 23.7 Å². The van der Waals surface area contributed by atoms with Crippen LogP contribution in [0.25, 0.3) is 22.2 Å². The fourth-order valence-corrected chi connectivity index (χ4v) is 3.45. The number of carbonyl (C=O) groups excluding carboxylic acids is 1. The molecule has 2 aromatic heterocycles. The molecule has 3 aromatic rings. The molecular weight excluding hydrogens is 346 g/mol. The van der Waals surface area contributed by atoms with E-state index in [9.17, 15) is 4.79 Å². The SMILES string of the molecule is COCCn1c(N)c(C(=O)NC[C@H]2CCCO2)c2nc3ccccc3nc21. The van der Waals surface area contributed by atoms with Crippen LogP contribution >= 0.6 is 0 Å². The Morgan fingerprint density at radius 2 is 2.15 bits per heavy atom. The van der Waals surface area contributed by atoms with Crippen LogP contribution in [0.5, 0.6) is 0 Å². The second kappa shape index (κ2) is 7.50. The zero-order valence-electron chi connectivity index (χ0n) is 15.3. The number of methoxy groups -OCH3 is 1. The predicted molar refractivity (Wildman–Crippen MR) is 103 cm³/mol. The van der Waals surface area contributed by atoms with Crippen molar-refractivity contribution in [1.29, 1.82) is 0 Å². The lowest BCUT2D eigenvalue weighted by molar-refractivity contribution is 0.0859. The van der Waals surface area contributed by atoms with Gasteiger partial charge in [0.1, 0.15) is 16.9 Å². The molecule has 0 radical (unpaired) electrons. The number of hydrogen-bond acceptors (Lipinski definition) is 6. The van der Waals surface area contributed by atoms with Gasteiger partial charge in [0.15, 0.2) is 5.65 Å². The van der Waals surface area contributed by atoms with Gasteiger partial charge in [-0.15, -0.1) is 0 Å². The van der Waals surface area contributed by atoms with E-state index in [1.54, 1.807) is 11.7 Å². The van der Waals surface area contributed by atoms with E-state index in [1.165, 1.54) is 0 Å². The lowest BCUT2D eigenvalue weighted by Gasteiger charge is -2.11. The quantitative estimate of drug-likeness (QED) is 0.686. The molecule has 8 nitrogen and oxygen atoms in total. The Balaban J connectivity index is 1.76. The number of nitrogens with one attached hydrogen (secondary N) is 1.